The molecule has 0 atom stereocenters. The quantitative estimate of drug-likeness (QED) is 0.719. The highest BCUT2D eigenvalue weighted by atomic mass is 16.5. The number of nitrogens with zero attached hydrogens (tertiary/aromatic N) is 1. The molecule has 3 aromatic rings. The highest BCUT2D eigenvalue weighted by molar-refractivity contribution is 5.96. The first-order valence-corrected chi connectivity index (χ1v) is 6.39. The summed E-state index contributed by atoms with van der Waals surface area (Å²) in [7, 11) is 3.27. The maximum Gasteiger partial charge on any atom is 0.162 e. The zero-order chi connectivity index (χ0) is 13.9. The Kier molecular flexibility index (Phi) is 3.25. The van der Waals surface area contributed by atoms with Crippen molar-refractivity contribution in [1.82, 2.24) is 4.98 Å². The van der Waals surface area contributed by atoms with E-state index in [0.29, 0.717) is 11.5 Å². The van der Waals surface area contributed by atoms with Crippen molar-refractivity contribution in [2.45, 2.75) is 0 Å². The van der Waals surface area contributed by atoms with Crippen molar-refractivity contribution in [3.05, 3.63) is 54.7 Å². The Morgan fingerprint density at radius 2 is 1.55 bits per heavy atom. The first kappa shape index (κ1) is 12.5. The third-order valence-corrected chi connectivity index (χ3v) is 3.33. The van der Waals surface area contributed by atoms with Crippen molar-refractivity contribution in [3.8, 4) is 22.6 Å². The van der Waals surface area contributed by atoms with Gasteiger partial charge >= 0.3 is 0 Å². The van der Waals surface area contributed by atoms with Crippen LogP contribution in [-0.2, 0) is 0 Å². The Morgan fingerprint density at radius 3 is 2.25 bits per heavy atom. The molecule has 3 heteroatoms. The van der Waals surface area contributed by atoms with Crippen molar-refractivity contribution in [2.75, 3.05) is 14.2 Å². The van der Waals surface area contributed by atoms with Crippen LogP contribution >= 0.6 is 0 Å². The molecule has 20 heavy (non-hydrogen) atoms. The summed E-state index contributed by atoms with van der Waals surface area (Å²) in [6, 6.07) is 16.1. The molecule has 2 aromatic carbocycles. The van der Waals surface area contributed by atoms with Crippen molar-refractivity contribution in [1.29, 1.82) is 0 Å². The van der Waals surface area contributed by atoms with Crippen molar-refractivity contribution in [2.24, 2.45) is 0 Å². The zero-order valence-corrected chi connectivity index (χ0v) is 11.5. The van der Waals surface area contributed by atoms with Gasteiger partial charge in [0.05, 0.1) is 19.7 Å². The second-order valence-corrected chi connectivity index (χ2v) is 4.45. The maximum absolute atomic E-state index is 5.38. The molecule has 0 amide bonds. The molecule has 0 spiro atoms. The molecule has 0 aliphatic rings. The van der Waals surface area contributed by atoms with Crippen LogP contribution in [0, 0.1) is 0 Å². The van der Waals surface area contributed by atoms with E-state index in [1.807, 2.05) is 42.6 Å². The van der Waals surface area contributed by atoms with Crippen LogP contribution in [0.15, 0.2) is 54.7 Å². The summed E-state index contributed by atoms with van der Waals surface area (Å²) in [4.78, 5) is 4.42. The van der Waals surface area contributed by atoms with Gasteiger partial charge in [0.1, 0.15) is 0 Å². The van der Waals surface area contributed by atoms with E-state index >= 15 is 0 Å². The first-order valence-electron chi connectivity index (χ1n) is 6.39. The van der Waals surface area contributed by atoms with Crippen LogP contribution in [-0.4, -0.2) is 19.2 Å². The minimum Gasteiger partial charge on any atom is -0.493 e. The fourth-order valence-corrected chi connectivity index (χ4v) is 2.34. The summed E-state index contributed by atoms with van der Waals surface area (Å²) in [5.74, 6) is 1.41. The minimum atomic E-state index is 0.692. The number of aromatic nitrogens is 1. The molecule has 3 rings (SSSR count). The summed E-state index contributed by atoms with van der Waals surface area (Å²) in [6.07, 6.45) is 1.82. The van der Waals surface area contributed by atoms with E-state index in [4.69, 9.17) is 9.47 Å². The molecule has 0 N–H and O–H groups in total. The predicted molar refractivity (Wildman–Crippen MR) is 80.3 cm³/mol. The largest absolute Gasteiger partial charge is 0.493 e. The zero-order valence-electron chi connectivity index (χ0n) is 11.5. The van der Waals surface area contributed by atoms with Crippen molar-refractivity contribution >= 4 is 10.9 Å². The van der Waals surface area contributed by atoms with Gasteiger partial charge in [0.2, 0.25) is 0 Å². The van der Waals surface area contributed by atoms with Crippen LogP contribution < -0.4 is 9.47 Å². The lowest BCUT2D eigenvalue weighted by molar-refractivity contribution is 0.356. The number of fused-ring (bicyclic) bond motifs is 1. The van der Waals surface area contributed by atoms with E-state index in [9.17, 15) is 0 Å². The lowest BCUT2D eigenvalue weighted by Crippen LogP contribution is -1.92. The highest BCUT2D eigenvalue weighted by Crippen LogP contribution is 2.35. The average molecular weight is 265 g/mol. The maximum atomic E-state index is 5.38. The van der Waals surface area contributed by atoms with Crippen LogP contribution in [0.1, 0.15) is 0 Å². The standard InChI is InChI=1S/C17H15NO2/c1-19-16-10-14-13(12-6-4-3-5-7-12)8-9-18-15(14)11-17(16)20-2/h3-11H,1-2H3. The van der Waals surface area contributed by atoms with Gasteiger partial charge in [-0.1, -0.05) is 30.3 Å². The van der Waals surface area contributed by atoms with Gasteiger partial charge in [-0.3, -0.25) is 4.98 Å². The third-order valence-electron chi connectivity index (χ3n) is 3.33. The van der Waals surface area contributed by atoms with Gasteiger partial charge in [0.15, 0.2) is 11.5 Å². The molecule has 3 nitrogen and oxygen atoms in total. The van der Waals surface area contributed by atoms with E-state index in [1.165, 1.54) is 0 Å². The molecule has 1 heterocycles. The normalized spacial score (nSPS) is 10.5. The molecule has 0 aliphatic heterocycles. The summed E-state index contributed by atoms with van der Waals surface area (Å²) in [5, 5.41) is 1.05. The van der Waals surface area contributed by atoms with E-state index in [0.717, 1.165) is 22.0 Å². The van der Waals surface area contributed by atoms with Crippen LogP contribution in [0.2, 0.25) is 0 Å². The molecule has 0 aliphatic carbocycles. The SMILES string of the molecule is COc1cc2nccc(-c3ccccc3)c2cc1OC. The van der Waals surface area contributed by atoms with Crippen molar-refractivity contribution in [3.63, 3.8) is 0 Å². The van der Waals surface area contributed by atoms with Crippen molar-refractivity contribution < 1.29 is 9.47 Å². The Balaban J connectivity index is 2.29. The molecule has 0 saturated carbocycles. The summed E-state index contributed by atoms with van der Waals surface area (Å²) >= 11 is 0. The topological polar surface area (TPSA) is 31.4 Å². The summed E-state index contributed by atoms with van der Waals surface area (Å²) < 4.78 is 10.7. The molecular formula is C17H15NO2. The Bertz CT molecular complexity index is 739. The number of ether oxygens (including phenoxy) is 2. The molecule has 0 bridgehead atoms. The number of rotatable bonds is 3. The summed E-state index contributed by atoms with van der Waals surface area (Å²) in [6.45, 7) is 0. The Morgan fingerprint density at radius 1 is 0.850 bits per heavy atom. The van der Waals surface area contributed by atoms with Gasteiger partial charge in [-0.2, -0.15) is 0 Å². The van der Waals surface area contributed by atoms with Gasteiger partial charge in [-0.05, 0) is 23.3 Å². The molecule has 0 radical (unpaired) electrons. The fourth-order valence-electron chi connectivity index (χ4n) is 2.34. The Hall–Kier alpha value is -2.55. The van der Waals surface area contributed by atoms with E-state index in [1.54, 1.807) is 14.2 Å². The first-order chi connectivity index (χ1) is 9.83. The third kappa shape index (κ3) is 2.07. The second-order valence-electron chi connectivity index (χ2n) is 4.45. The van der Waals surface area contributed by atoms with E-state index < -0.39 is 0 Å². The van der Waals surface area contributed by atoms with Gasteiger partial charge in [-0.15, -0.1) is 0 Å². The molecular weight excluding hydrogens is 250 g/mol. The predicted octanol–water partition coefficient (Wildman–Crippen LogP) is 3.92. The summed E-state index contributed by atoms with van der Waals surface area (Å²) in [5.41, 5.74) is 3.19. The van der Waals surface area contributed by atoms with E-state index in [2.05, 4.69) is 17.1 Å². The highest BCUT2D eigenvalue weighted by Gasteiger charge is 2.10. The van der Waals surface area contributed by atoms with Gasteiger partial charge in [0.25, 0.3) is 0 Å². The smallest absolute Gasteiger partial charge is 0.162 e. The number of hydrogen-bond donors (Lipinski definition) is 0. The van der Waals surface area contributed by atoms with Crippen LogP contribution in [0.5, 0.6) is 11.5 Å². The van der Waals surface area contributed by atoms with E-state index in [-0.39, 0.29) is 0 Å². The van der Waals surface area contributed by atoms with Crippen LogP contribution in [0.4, 0.5) is 0 Å². The number of pyridine rings is 1. The monoisotopic (exact) mass is 265 g/mol. The average Bonchev–Trinajstić information content (AvgIpc) is 2.53. The molecule has 0 unspecified atom stereocenters. The Labute approximate surface area is 117 Å². The molecule has 100 valence electrons. The van der Waals surface area contributed by atoms with Crippen LogP contribution in [0.3, 0.4) is 0 Å². The van der Waals surface area contributed by atoms with Gasteiger partial charge in [-0.25, -0.2) is 0 Å². The fraction of sp³-hybridized carbons (Fsp3) is 0.118. The lowest BCUT2D eigenvalue weighted by Gasteiger charge is -2.11. The van der Waals surface area contributed by atoms with Crippen LogP contribution in [0.25, 0.3) is 22.0 Å². The number of methoxy groups -OCH3 is 2. The number of benzene rings is 2. The molecule has 1 aromatic heterocycles. The molecule has 0 fully saturated rings. The van der Waals surface area contributed by atoms with Gasteiger partial charge < -0.3 is 9.47 Å². The minimum absolute atomic E-state index is 0.692. The van der Waals surface area contributed by atoms with Gasteiger partial charge in [0, 0.05) is 17.6 Å². The number of hydrogen-bond acceptors (Lipinski definition) is 3. The molecule has 0 saturated heterocycles. The lowest BCUT2D eigenvalue weighted by atomic mass is 10.0. The second kappa shape index (κ2) is 5.21.